The highest BCUT2D eigenvalue weighted by molar-refractivity contribution is 5.85. The molecule has 0 aliphatic rings. The number of halogens is 1. The van der Waals surface area contributed by atoms with Crippen LogP contribution in [0.1, 0.15) is 24.4 Å². The maximum atomic E-state index is 10.4. The molecule has 0 saturated carbocycles. The van der Waals surface area contributed by atoms with E-state index >= 15 is 0 Å². The van der Waals surface area contributed by atoms with Gasteiger partial charge in [0, 0.05) is 18.2 Å². The summed E-state index contributed by atoms with van der Waals surface area (Å²) in [6, 6.07) is 6.27. The molecule has 0 spiro atoms. The Morgan fingerprint density at radius 3 is 2.44 bits per heavy atom. The molecule has 0 amide bonds. The molecule has 1 atom stereocenters. The standard InChI is InChI=1S/C11H14N2O2.ClH/c1-2-3-4-11(12)9-5-7-10(8-6-9)13(14)15;/h2,5-8,11H,1,3-4,12H2;1H/t11-;/m1./s1. The van der Waals surface area contributed by atoms with Gasteiger partial charge in [-0.1, -0.05) is 18.2 Å². The molecule has 0 aliphatic carbocycles. The number of nitrogens with zero attached hydrogens (tertiary/aromatic N) is 1. The SMILES string of the molecule is C=CCC[C@@H](N)c1ccc([N+](=O)[O-])cc1.Cl. The summed E-state index contributed by atoms with van der Waals surface area (Å²) < 4.78 is 0. The molecule has 0 fully saturated rings. The lowest BCUT2D eigenvalue weighted by Crippen LogP contribution is -2.09. The fourth-order valence-corrected chi connectivity index (χ4v) is 1.31. The van der Waals surface area contributed by atoms with Crippen molar-refractivity contribution in [1.82, 2.24) is 0 Å². The zero-order valence-electron chi connectivity index (χ0n) is 8.83. The minimum atomic E-state index is -0.418. The monoisotopic (exact) mass is 242 g/mol. The van der Waals surface area contributed by atoms with E-state index in [0.29, 0.717) is 0 Å². The van der Waals surface area contributed by atoms with E-state index in [1.54, 1.807) is 12.1 Å². The Kier molecular flexibility index (Phi) is 6.37. The van der Waals surface area contributed by atoms with Crippen molar-refractivity contribution in [1.29, 1.82) is 0 Å². The molecule has 0 unspecified atom stereocenters. The van der Waals surface area contributed by atoms with Gasteiger partial charge in [-0.25, -0.2) is 0 Å². The van der Waals surface area contributed by atoms with Crippen LogP contribution in [0, 0.1) is 10.1 Å². The van der Waals surface area contributed by atoms with Gasteiger partial charge in [0.2, 0.25) is 0 Å². The van der Waals surface area contributed by atoms with E-state index in [-0.39, 0.29) is 24.1 Å². The van der Waals surface area contributed by atoms with Crippen molar-refractivity contribution < 1.29 is 4.92 Å². The molecular weight excluding hydrogens is 228 g/mol. The lowest BCUT2D eigenvalue weighted by atomic mass is 10.0. The van der Waals surface area contributed by atoms with E-state index < -0.39 is 4.92 Å². The van der Waals surface area contributed by atoms with Crippen molar-refractivity contribution in [3.8, 4) is 0 Å². The Hall–Kier alpha value is -1.39. The van der Waals surface area contributed by atoms with Crippen LogP contribution in [0.5, 0.6) is 0 Å². The lowest BCUT2D eigenvalue weighted by Gasteiger charge is -2.09. The van der Waals surface area contributed by atoms with Gasteiger partial charge in [0.05, 0.1) is 4.92 Å². The normalized spacial score (nSPS) is 11.3. The molecule has 2 N–H and O–H groups in total. The fraction of sp³-hybridized carbons (Fsp3) is 0.273. The van der Waals surface area contributed by atoms with Crippen molar-refractivity contribution in [3.05, 3.63) is 52.6 Å². The summed E-state index contributed by atoms with van der Waals surface area (Å²) in [6.07, 6.45) is 3.46. The molecule has 5 heteroatoms. The van der Waals surface area contributed by atoms with Crippen molar-refractivity contribution in [2.45, 2.75) is 18.9 Å². The first-order chi connectivity index (χ1) is 7.15. The first kappa shape index (κ1) is 14.6. The molecule has 1 aromatic carbocycles. The number of non-ortho nitro benzene ring substituents is 1. The van der Waals surface area contributed by atoms with Gasteiger partial charge in [0.1, 0.15) is 0 Å². The molecular formula is C11H15ClN2O2. The highest BCUT2D eigenvalue weighted by atomic mass is 35.5. The van der Waals surface area contributed by atoms with Crippen LogP contribution in [0.4, 0.5) is 5.69 Å². The molecule has 0 saturated heterocycles. The highest BCUT2D eigenvalue weighted by Crippen LogP contribution is 2.19. The van der Waals surface area contributed by atoms with Gasteiger partial charge in [-0.3, -0.25) is 10.1 Å². The van der Waals surface area contributed by atoms with Crippen molar-refractivity contribution in [2.24, 2.45) is 5.73 Å². The van der Waals surface area contributed by atoms with Gasteiger partial charge in [0.15, 0.2) is 0 Å². The lowest BCUT2D eigenvalue weighted by molar-refractivity contribution is -0.384. The number of rotatable bonds is 5. The molecule has 0 radical (unpaired) electrons. The van der Waals surface area contributed by atoms with Gasteiger partial charge >= 0.3 is 0 Å². The van der Waals surface area contributed by atoms with Crippen LogP contribution < -0.4 is 5.73 Å². The molecule has 88 valence electrons. The molecule has 0 aliphatic heterocycles. The molecule has 0 heterocycles. The molecule has 16 heavy (non-hydrogen) atoms. The van der Waals surface area contributed by atoms with Crippen LogP contribution in [-0.4, -0.2) is 4.92 Å². The summed E-state index contributed by atoms with van der Waals surface area (Å²) in [5.41, 5.74) is 6.90. The number of hydrogen-bond acceptors (Lipinski definition) is 3. The molecule has 4 nitrogen and oxygen atoms in total. The molecule has 1 aromatic rings. The molecule has 0 aromatic heterocycles. The Morgan fingerprint density at radius 2 is 2.00 bits per heavy atom. The zero-order chi connectivity index (χ0) is 11.3. The first-order valence-corrected chi connectivity index (χ1v) is 4.76. The van der Waals surface area contributed by atoms with E-state index in [9.17, 15) is 10.1 Å². The van der Waals surface area contributed by atoms with Crippen LogP contribution in [0.3, 0.4) is 0 Å². The van der Waals surface area contributed by atoms with E-state index in [2.05, 4.69) is 6.58 Å². The smallest absolute Gasteiger partial charge is 0.269 e. The Bertz CT molecular complexity index is 352. The average Bonchev–Trinajstić information content (AvgIpc) is 2.26. The van der Waals surface area contributed by atoms with Crippen LogP contribution >= 0.6 is 12.4 Å². The van der Waals surface area contributed by atoms with Gasteiger partial charge in [0.25, 0.3) is 5.69 Å². The molecule has 1 rings (SSSR count). The van der Waals surface area contributed by atoms with E-state index in [0.717, 1.165) is 18.4 Å². The Labute approximate surface area is 101 Å². The van der Waals surface area contributed by atoms with Gasteiger partial charge in [-0.2, -0.15) is 0 Å². The summed E-state index contributed by atoms with van der Waals surface area (Å²) in [7, 11) is 0. The van der Waals surface area contributed by atoms with E-state index in [4.69, 9.17) is 5.73 Å². The van der Waals surface area contributed by atoms with Crippen molar-refractivity contribution >= 4 is 18.1 Å². The number of nitro groups is 1. The second-order valence-electron chi connectivity index (χ2n) is 3.32. The second kappa shape index (κ2) is 6.98. The Balaban J connectivity index is 0.00000225. The van der Waals surface area contributed by atoms with E-state index in [1.165, 1.54) is 12.1 Å². The van der Waals surface area contributed by atoms with Gasteiger partial charge in [-0.05, 0) is 18.4 Å². The maximum Gasteiger partial charge on any atom is 0.269 e. The summed E-state index contributed by atoms with van der Waals surface area (Å²) in [6.45, 7) is 3.62. The van der Waals surface area contributed by atoms with Gasteiger partial charge in [-0.15, -0.1) is 19.0 Å². The van der Waals surface area contributed by atoms with Crippen LogP contribution in [0.15, 0.2) is 36.9 Å². The number of allylic oxidation sites excluding steroid dienone is 1. The minimum Gasteiger partial charge on any atom is -0.324 e. The predicted molar refractivity (Wildman–Crippen MR) is 66.7 cm³/mol. The zero-order valence-corrected chi connectivity index (χ0v) is 9.65. The fourth-order valence-electron chi connectivity index (χ4n) is 1.31. The summed E-state index contributed by atoms with van der Waals surface area (Å²) in [5.74, 6) is 0. The second-order valence-corrected chi connectivity index (χ2v) is 3.32. The number of nitro benzene ring substituents is 1. The van der Waals surface area contributed by atoms with Crippen molar-refractivity contribution in [3.63, 3.8) is 0 Å². The third-order valence-corrected chi connectivity index (χ3v) is 2.21. The van der Waals surface area contributed by atoms with E-state index in [1.807, 2.05) is 6.08 Å². The number of benzene rings is 1. The summed E-state index contributed by atoms with van der Waals surface area (Å²) in [5, 5.41) is 10.4. The number of nitrogens with two attached hydrogens (primary N) is 1. The first-order valence-electron chi connectivity index (χ1n) is 4.76. The minimum absolute atomic E-state index is 0. The number of hydrogen-bond donors (Lipinski definition) is 1. The topological polar surface area (TPSA) is 69.2 Å². The average molecular weight is 243 g/mol. The summed E-state index contributed by atoms with van der Waals surface area (Å²) >= 11 is 0. The molecule has 0 bridgehead atoms. The van der Waals surface area contributed by atoms with Crippen molar-refractivity contribution in [2.75, 3.05) is 0 Å². The largest absolute Gasteiger partial charge is 0.324 e. The van der Waals surface area contributed by atoms with Gasteiger partial charge < -0.3 is 5.73 Å². The highest BCUT2D eigenvalue weighted by Gasteiger charge is 2.08. The van der Waals surface area contributed by atoms with Crippen LogP contribution in [0.2, 0.25) is 0 Å². The summed E-state index contributed by atoms with van der Waals surface area (Å²) in [4.78, 5) is 10.00. The third kappa shape index (κ3) is 4.00. The van der Waals surface area contributed by atoms with Crippen LogP contribution in [-0.2, 0) is 0 Å². The third-order valence-electron chi connectivity index (χ3n) is 2.21. The Morgan fingerprint density at radius 1 is 1.44 bits per heavy atom. The maximum absolute atomic E-state index is 10.4. The van der Waals surface area contributed by atoms with Crippen LogP contribution in [0.25, 0.3) is 0 Å². The predicted octanol–water partition coefficient (Wildman–Crippen LogP) is 2.98. The quantitative estimate of drug-likeness (QED) is 0.490.